The molecule has 0 spiro atoms. The Morgan fingerprint density at radius 2 is 1.80 bits per heavy atom. The molecule has 41 heavy (non-hydrogen) atoms. The number of nitrogen functional groups attached to an aromatic ring is 1. The molecule has 206 valence electrons. The van der Waals surface area contributed by atoms with Gasteiger partial charge in [0.05, 0.1) is 47.6 Å². The minimum Gasteiger partial charge on any atom is -0.397 e. The van der Waals surface area contributed by atoms with Gasteiger partial charge < -0.3 is 15.8 Å². The van der Waals surface area contributed by atoms with E-state index in [1.165, 1.54) is 5.56 Å². The van der Waals surface area contributed by atoms with Gasteiger partial charge in [0.1, 0.15) is 11.5 Å². The SMILES string of the molecule is Nc1ccccc1NC(=O)c1ccc(C2(c3nccc(-c4cnc5cc(CN6CCOCC6)ccn45)n3)CC2)cc1. The van der Waals surface area contributed by atoms with Gasteiger partial charge in [0, 0.05) is 37.6 Å². The first-order valence-corrected chi connectivity index (χ1v) is 14.0. The van der Waals surface area contributed by atoms with Crippen LogP contribution in [0.5, 0.6) is 0 Å². The zero-order valence-electron chi connectivity index (χ0n) is 22.7. The van der Waals surface area contributed by atoms with Crippen molar-refractivity contribution in [3.8, 4) is 11.4 Å². The molecular weight excluding hydrogens is 514 g/mol. The number of aromatic nitrogens is 4. The number of amides is 1. The number of ether oxygens (including phenoxy) is 1. The Bertz CT molecular complexity index is 1720. The van der Waals surface area contributed by atoms with Crippen LogP contribution in [-0.2, 0) is 16.7 Å². The van der Waals surface area contributed by atoms with Crippen LogP contribution in [0.3, 0.4) is 0 Å². The quantitative estimate of drug-likeness (QED) is 0.289. The topological polar surface area (TPSA) is 111 Å². The van der Waals surface area contributed by atoms with Crippen LogP contribution in [0.4, 0.5) is 11.4 Å². The number of carbonyl (C=O) groups is 1. The minimum absolute atomic E-state index is 0.196. The van der Waals surface area contributed by atoms with E-state index in [1.807, 2.05) is 54.9 Å². The lowest BCUT2D eigenvalue weighted by molar-refractivity contribution is 0.0342. The van der Waals surface area contributed by atoms with Crippen molar-refractivity contribution in [1.29, 1.82) is 0 Å². The van der Waals surface area contributed by atoms with Gasteiger partial charge in [-0.05, 0) is 66.4 Å². The highest BCUT2D eigenvalue weighted by atomic mass is 16.5. The van der Waals surface area contributed by atoms with Crippen molar-refractivity contribution in [1.82, 2.24) is 24.3 Å². The molecule has 9 nitrogen and oxygen atoms in total. The van der Waals surface area contributed by atoms with Crippen LogP contribution in [0.25, 0.3) is 17.0 Å². The third-order valence-electron chi connectivity index (χ3n) is 8.09. The number of benzene rings is 2. The van der Waals surface area contributed by atoms with Crippen molar-refractivity contribution >= 4 is 22.9 Å². The Hall–Kier alpha value is -4.60. The highest BCUT2D eigenvalue weighted by Gasteiger charge is 2.48. The zero-order chi connectivity index (χ0) is 27.8. The number of hydrogen-bond acceptors (Lipinski definition) is 7. The van der Waals surface area contributed by atoms with E-state index in [0.717, 1.165) is 74.1 Å². The molecule has 4 heterocycles. The van der Waals surface area contributed by atoms with Crippen molar-refractivity contribution in [2.24, 2.45) is 0 Å². The summed E-state index contributed by atoms with van der Waals surface area (Å²) in [7, 11) is 0. The van der Waals surface area contributed by atoms with Gasteiger partial charge in [-0.2, -0.15) is 0 Å². The average molecular weight is 546 g/mol. The summed E-state index contributed by atoms with van der Waals surface area (Å²) in [4.78, 5) is 29.6. The number of nitrogens with two attached hydrogens (primary N) is 1. The summed E-state index contributed by atoms with van der Waals surface area (Å²) in [5.41, 5.74) is 12.5. The fraction of sp³-hybridized carbons (Fsp3) is 0.250. The fourth-order valence-electron chi connectivity index (χ4n) is 5.57. The van der Waals surface area contributed by atoms with Crippen LogP contribution in [0, 0.1) is 0 Å². The molecule has 1 saturated heterocycles. The summed E-state index contributed by atoms with van der Waals surface area (Å²) in [6, 6.07) is 21.2. The largest absolute Gasteiger partial charge is 0.397 e. The molecule has 3 aromatic heterocycles. The summed E-state index contributed by atoms with van der Waals surface area (Å²) in [5, 5.41) is 2.89. The molecule has 2 fully saturated rings. The van der Waals surface area contributed by atoms with E-state index in [9.17, 15) is 4.79 Å². The molecule has 1 saturated carbocycles. The van der Waals surface area contributed by atoms with E-state index in [4.69, 9.17) is 20.4 Å². The standard InChI is InChI=1S/C32H31N7O2/c33-25-3-1-2-4-26(25)36-30(40)23-5-7-24(8-6-23)32(11-12-32)31-34-13-9-27(37-31)28-20-35-29-19-22(10-14-39(28)29)21-38-15-17-41-18-16-38/h1-10,13-14,19-20H,11-12,15-18,21,33H2,(H,36,40). The molecule has 5 aromatic rings. The van der Waals surface area contributed by atoms with Gasteiger partial charge in [-0.1, -0.05) is 24.3 Å². The molecule has 0 atom stereocenters. The summed E-state index contributed by atoms with van der Waals surface area (Å²) < 4.78 is 7.56. The van der Waals surface area contributed by atoms with Crippen LogP contribution in [-0.4, -0.2) is 56.5 Å². The smallest absolute Gasteiger partial charge is 0.255 e. The molecular formula is C32H31N7O2. The van der Waals surface area contributed by atoms with Crippen molar-refractivity contribution in [3.63, 3.8) is 0 Å². The van der Waals surface area contributed by atoms with E-state index < -0.39 is 0 Å². The Balaban J connectivity index is 1.11. The average Bonchev–Trinajstić information content (AvgIpc) is 3.72. The van der Waals surface area contributed by atoms with E-state index in [1.54, 1.807) is 12.1 Å². The molecule has 1 aliphatic heterocycles. The van der Waals surface area contributed by atoms with Gasteiger partial charge in [-0.25, -0.2) is 15.0 Å². The van der Waals surface area contributed by atoms with Crippen molar-refractivity contribution in [3.05, 3.63) is 108 Å². The van der Waals surface area contributed by atoms with Gasteiger partial charge in [0.15, 0.2) is 0 Å². The first-order chi connectivity index (χ1) is 20.1. The van der Waals surface area contributed by atoms with Crippen LogP contribution < -0.4 is 11.1 Å². The van der Waals surface area contributed by atoms with Gasteiger partial charge in [0.25, 0.3) is 5.91 Å². The molecule has 1 amide bonds. The molecule has 0 bridgehead atoms. The summed E-state index contributed by atoms with van der Waals surface area (Å²) >= 11 is 0. The second-order valence-electron chi connectivity index (χ2n) is 10.8. The van der Waals surface area contributed by atoms with Crippen LogP contribution >= 0.6 is 0 Å². The predicted octanol–water partition coefficient (Wildman–Crippen LogP) is 4.54. The third kappa shape index (κ3) is 4.94. The van der Waals surface area contributed by atoms with Crippen molar-refractivity contribution in [2.45, 2.75) is 24.8 Å². The lowest BCUT2D eigenvalue weighted by atomic mass is 9.93. The maximum Gasteiger partial charge on any atom is 0.255 e. The second-order valence-corrected chi connectivity index (χ2v) is 10.8. The lowest BCUT2D eigenvalue weighted by Crippen LogP contribution is -2.35. The number of carbonyl (C=O) groups excluding carboxylic acids is 1. The number of hydrogen-bond donors (Lipinski definition) is 2. The number of morpholine rings is 1. The number of anilines is 2. The highest BCUT2D eigenvalue weighted by Crippen LogP contribution is 2.52. The number of nitrogens with one attached hydrogen (secondary N) is 1. The van der Waals surface area contributed by atoms with Gasteiger partial charge >= 0.3 is 0 Å². The predicted molar refractivity (Wildman–Crippen MR) is 158 cm³/mol. The minimum atomic E-state index is -0.249. The molecule has 1 aliphatic carbocycles. The van der Waals surface area contributed by atoms with Crippen LogP contribution in [0.2, 0.25) is 0 Å². The number of imidazole rings is 1. The van der Waals surface area contributed by atoms with E-state index >= 15 is 0 Å². The summed E-state index contributed by atoms with van der Waals surface area (Å²) in [5.74, 6) is 0.599. The third-order valence-corrected chi connectivity index (χ3v) is 8.09. The highest BCUT2D eigenvalue weighted by molar-refractivity contribution is 6.05. The summed E-state index contributed by atoms with van der Waals surface area (Å²) in [6.45, 7) is 4.38. The van der Waals surface area contributed by atoms with E-state index in [2.05, 4.69) is 37.9 Å². The maximum atomic E-state index is 12.8. The molecule has 7 rings (SSSR count). The molecule has 0 unspecified atom stereocenters. The molecule has 2 aromatic carbocycles. The molecule has 2 aliphatic rings. The Labute approximate surface area is 238 Å². The Morgan fingerprint density at radius 3 is 2.59 bits per heavy atom. The van der Waals surface area contributed by atoms with E-state index in [-0.39, 0.29) is 11.3 Å². The van der Waals surface area contributed by atoms with Gasteiger partial charge in [-0.15, -0.1) is 0 Å². The summed E-state index contributed by atoms with van der Waals surface area (Å²) in [6.07, 6.45) is 7.71. The fourth-order valence-corrected chi connectivity index (χ4v) is 5.57. The maximum absolute atomic E-state index is 12.8. The Morgan fingerprint density at radius 1 is 1.00 bits per heavy atom. The zero-order valence-corrected chi connectivity index (χ0v) is 22.7. The number of para-hydroxylation sites is 2. The number of fused-ring (bicyclic) bond motifs is 1. The normalized spacial score (nSPS) is 16.5. The van der Waals surface area contributed by atoms with Crippen LogP contribution in [0.1, 0.15) is 40.2 Å². The van der Waals surface area contributed by atoms with Crippen molar-refractivity contribution in [2.75, 3.05) is 37.4 Å². The first kappa shape index (κ1) is 25.4. The number of nitrogens with zero attached hydrogens (tertiary/aromatic N) is 5. The molecule has 0 radical (unpaired) electrons. The molecule has 3 N–H and O–H groups in total. The van der Waals surface area contributed by atoms with Gasteiger partial charge in [0.2, 0.25) is 0 Å². The second kappa shape index (κ2) is 10.4. The van der Waals surface area contributed by atoms with Gasteiger partial charge in [-0.3, -0.25) is 14.1 Å². The number of rotatable bonds is 7. The Kier molecular flexibility index (Phi) is 6.45. The van der Waals surface area contributed by atoms with Crippen molar-refractivity contribution < 1.29 is 9.53 Å². The first-order valence-electron chi connectivity index (χ1n) is 14.0. The molecule has 9 heteroatoms. The van der Waals surface area contributed by atoms with Crippen LogP contribution in [0.15, 0.2) is 85.3 Å². The van der Waals surface area contributed by atoms with E-state index in [0.29, 0.717) is 16.9 Å². The monoisotopic (exact) mass is 545 g/mol. The lowest BCUT2D eigenvalue weighted by Gasteiger charge is -2.26. The number of pyridine rings is 1.